The average Bonchev–Trinajstić information content (AvgIpc) is 0.757. The quantitative estimate of drug-likeness (QED) is 0.128. The van der Waals surface area contributed by atoms with Gasteiger partial charge in [-0.15, -0.1) is 0 Å². The molecule has 4 nitrogen and oxygen atoms in total. The van der Waals surface area contributed by atoms with Gasteiger partial charge >= 0.3 is 0 Å². The fraction of sp³-hybridized carbons (Fsp3) is 0.171. The number of aryl methyl sites for hydroxylation is 11. The Morgan fingerprint density at radius 1 is 0.322 bits per heavy atom. The Morgan fingerprint density at radius 3 is 1.13 bits per heavy atom. The van der Waals surface area contributed by atoms with Crippen LogP contribution in [0.1, 0.15) is 73.8 Å². The third kappa shape index (κ3) is 15.2. The van der Waals surface area contributed by atoms with E-state index in [9.17, 15) is 4.39 Å². The summed E-state index contributed by atoms with van der Waals surface area (Å²) in [5.41, 5.74) is 25.9. The van der Waals surface area contributed by atoms with Gasteiger partial charge in [-0.25, -0.2) is 22.7 Å². The van der Waals surface area contributed by atoms with E-state index in [0.717, 1.165) is 33.6 Å². The van der Waals surface area contributed by atoms with E-state index in [1.54, 1.807) is 30.3 Å². The van der Waals surface area contributed by atoms with Crippen molar-refractivity contribution in [1.82, 2.24) is 0 Å². The SMILES string of the molecule is Cc1cccc(-c2ccc(-c3ccccc3C)[n+](C)c2)c1.Cc1ccccc1-c1ccc(-c2ccccc2C)[n+](C)c1.[2H]C([2H])([2H])C([2H])(C)c1cc(-c2ccccc2C)[n+](C)cc1-c1ccc(F)cc1.[2H]C([2H])([2H])c1ccc(-c2ccc(-c3ccccc3C)[n+](C)c2)cc1. The van der Waals surface area contributed by atoms with Gasteiger partial charge in [-0.05, 0) is 165 Å². The summed E-state index contributed by atoms with van der Waals surface area (Å²) in [4.78, 5) is 0. The van der Waals surface area contributed by atoms with Gasteiger partial charge in [0.05, 0.1) is 0 Å². The van der Waals surface area contributed by atoms with E-state index in [1.165, 1.54) is 97.2 Å². The lowest BCUT2D eigenvalue weighted by atomic mass is 9.91. The van der Waals surface area contributed by atoms with E-state index in [2.05, 4.69) is 227 Å². The van der Waals surface area contributed by atoms with Crippen molar-refractivity contribution >= 4 is 0 Å². The molecule has 0 aliphatic heterocycles. The molecule has 0 saturated heterocycles. The molecule has 0 fully saturated rings. The van der Waals surface area contributed by atoms with Crippen LogP contribution in [0.3, 0.4) is 0 Å². The standard InChI is InChI=1S/C22H23FN.3C20H20N/c1-15(2)20-13-22(19-8-6-5-7-16(19)3)24(4)14-21(20)17-9-11-18(23)12-10-17;1-15-8-4-6-10-18(15)17-12-13-20(21(3)14-17)19-11-7-5-9-16(19)2;1-15-7-6-9-17(13-15)18-11-12-20(21(3)14-18)19-10-5-4-8-16(19)2;1-15-8-10-17(11-9-15)18-12-13-20(21(3)14-18)19-7-5-4-6-16(19)2/h5-15H,1-4H3;3*4-14H,1-3H3/q4*+1/i1D3,15D;;;1D3. The van der Waals surface area contributed by atoms with Crippen LogP contribution in [0.2, 0.25) is 0 Å². The largest absolute Gasteiger partial charge is 0.212 e. The number of hydrogen-bond donors (Lipinski definition) is 0. The number of pyridine rings is 4. The van der Waals surface area contributed by atoms with Crippen LogP contribution < -0.4 is 18.3 Å². The van der Waals surface area contributed by atoms with Crippen LogP contribution in [0.25, 0.3) is 89.5 Å². The fourth-order valence-corrected chi connectivity index (χ4v) is 11.1. The van der Waals surface area contributed by atoms with Crippen LogP contribution in [0.4, 0.5) is 4.39 Å². The topological polar surface area (TPSA) is 15.5 Å². The maximum atomic E-state index is 13.4. The molecule has 0 saturated carbocycles. The van der Waals surface area contributed by atoms with Crippen LogP contribution in [0, 0.1) is 54.2 Å². The fourth-order valence-electron chi connectivity index (χ4n) is 11.1. The maximum Gasteiger partial charge on any atom is 0.212 e. The number of halogens is 1. The van der Waals surface area contributed by atoms with Gasteiger partial charge in [0.2, 0.25) is 22.8 Å². The Morgan fingerprint density at radius 2 is 0.701 bits per heavy atom. The van der Waals surface area contributed by atoms with Crippen molar-refractivity contribution in [3.8, 4) is 89.5 Å². The summed E-state index contributed by atoms with van der Waals surface area (Å²) >= 11 is 0. The van der Waals surface area contributed by atoms with Gasteiger partial charge in [0, 0.05) is 78.4 Å². The van der Waals surface area contributed by atoms with E-state index in [4.69, 9.17) is 9.60 Å². The molecule has 1 unspecified atom stereocenters. The number of benzene rings is 8. The highest BCUT2D eigenvalue weighted by Gasteiger charge is 2.21. The molecule has 8 aromatic carbocycles. The first-order chi connectivity index (χ1) is 44.7. The third-order valence-corrected chi connectivity index (χ3v) is 15.9. The van der Waals surface area contributed by atoms with Crippen molar-refractivity contribution in [2.75, 3.05) is 0 Å². The normalized spacial score (nSPS) is 12.9. The lowest BCUT2D eigenvalue weighted by Crippen LogP contribution is -2.31. The van der Waals surface area contributed by atoms with Crippen molar-refractivity contribution in [3.05, 3.63) is 312 Å². The number of rotatable bonds is 9. The Labute approximate surface area is 527 Å². The van der Waals surface area contributed by atoms with Gasteiger partial charge in [0.15, 0.2) is 24.8 Å². The molecule has 0 aliphatic rings. The first-order valence-corrected chi connectivity index (χ1v) is 29.5. The van der Waals surface area contributed by atoms with Crippen molar-refractivity contribution < 1.29 is 32.3 Å². The lowest BCUT2D eigenvalue weighted by Gasteiger charge is -2.14. The Bertz CT molecular complexity index is 4630. The van der Waals surface area contributed by atoms with Crippen molar-refractivity contribution in [3.63, 3.8) is 0 Å². The Kier molecular flexibility index (Phi) is 17.3. The molecule has 12 aromatic rings. The Balaban J connectivity index is 0.000000149. The second-order valence-electron chi connectivity index (χ2n) is 22.5. The van der Waals surface area contributed by atoms with E-state index in [-0.39, 0.29) is 5.82 Å². The predicted molar refractivity (Wildman–Crippen MR) is 361 cm³/mol. The van der Waals surface area contributed by atoms with E-state index >= 15 is 0 Å². The highest BCUT2D eigenvalue weighted by Crippen LogP contribution is 2.33. The highest BCUT2D eigenvalue weighted by atomic mass is 19.1. The molecule has 4 aromatic heterocycles. The third-order valence-electron chi connectivity index (χ3n) is 15.9. The first kappa shape index (κ1) is 52.8. The molecule has 0 N–H and O–H groups in total. The average molecular weight is 1150 g/mol. The van der Waals surface area contributed by atoms with E-state index in [1.807, 2.05) is 80.3 Å². The first-order valence-electron chi connectivity index (χ1n) is 33.0. The van der Waals surface area contributed by atoms with Gasteiger partial charge in [0.25, 0.3) is 0 Å². The Hall–Kier alpha value is -9.71. The molecule has 434 valence electrons. The molecule has 12 rings (SSSR count). The molecule has 4 heterocycles. The van der Waals surface area contributed by atoms with Gasteiger partial charge < -0.3 is 0 Å². The molecule has 0 spiro atoms. The van der Waals surface area contributed by atoms with Crippen LogP contribution >= 0.6 is 0 Å². The summed E-state index contributed by atoms with van der Waals surface area (Å²) in [6.45, 7) is 9.53. The summed E-state index contributed by atoms with van der Waals surface area (Å²) in [7, 11) is 8.14. The molecule has 0 radical (unpaired) electrons. The number of hydrogen-bond acceptors (Lipinski definition) is 0. The predicted octanol–water partition coefficient (Wildman–Crippen LogP) is 18.8. The molecule has 1 atom stereocenters. The molecular formula is C82H83FN4+4. The highest BCUT2D eigenvalue weighted by molar-refractivity contribution is 5.72. The second-order valence-corrected chi connectivity index (χ2v) is 22.5. The summed E-state index contributed by atoms with van der Waals surface area (Å²) < 4.78 is 76.6. The summed E-state index contributed by atoms with van der Waals surface area (Å²) in [5.74, 6) is -2.20. The van der Waals surface area contributed by atoms with Crippen LogP contribution in [0.15, 0.2) is 261 Å². The van der Waals surface area contributed by atoms with Gasteiger partial charge in [0.1, 0.15) is 34.0 Å². The number of aromatic nitrogens is 4. The molecule has 0 amide bonds. The zero-order valence-electron chi connectivity index (χ0n) is 59.0. The zero-order chi connectivity index (χ0) is 67.6. The van der Waals surface area contributed by atoms with Crippen molar-refractivity contribution in [1.29, 1.82) is 0 Å². The van der Waals surface area contributed by atoms with Crippen LogP contribution in [-0.4, -0.2) is 0 Å². The molecule has 87 heavy (non-hydrogen) atoms. The summed E-state index contributed by atoms with van der Waals surface area (Å²) in [5, 5.41) is 0. The van der Waals surface area contributed by atoms with Crippen LogP contribution in [0.5, 0.6) is 0 Å². The smallest absolute Gasteiger partial charge is 0.207 e. The van der Waals surface area contributed by atoms with Crippen molar-refractivity contribution in [2.45, 2.75) is 68.1 Å². The van der Waals surface area contributed by atoms with E-state index in [0.29, 0.717) is 22.3 Å². The van der Waals surface area contributed by atoms with Gasteiger partial charge in [-0.2, -0.15) is 0 Å². The minimum atomic E-state index is -2.52. The minimum absolute atomic E-state index is 0.365. The van der Waals surface area contributed by atoms with Gasteiger partial charge in [-0.3, -0.25) is 0 Å². The lowest BCUT2D eigenvalue weighted by molar-refractivity contribution is -0.660. The monoisotopic (exact) mass is 1150 g/mol. The van der Waals surface area contributed by atoms with Crippen LogP contribution in [-0.2, 0) is 28.2 Å². The molecule has 0 aliphatic carbocycles. The van der Waals surface area contributed by atoms with E-state index < -0.39 is 19.6 Å². The minimum Gasteiger partial charge on any atom is -0.207 e. The maximum absolute atomic E-state index is 13.4. The summed E-state index contributed by atoms with van der Waals surface area (Å²) in [6, 6.07) is 78.1. The number of nitrogens with zero attached hydrogens (tertiary/aromatic N) is 4. The molecule has 0 bridgehead atoms. The van der Waals surface area contributed by atoms with Crippen molar-refractivity contribution in [2.24, 2.45) is 28.2 Å². The zero-order valence-corrected chi connectivity index (χ0v) is 52.0. The molecular weight excluding hydrogens is 1060 g/mol. The summed E-state index contributed by atoms with van der Waals surface area (Å²) in [6.07, 6.45) is 8.32. The van der Waals surface area contributed by atoms with Gasteiger partial charge in [-0.1, -0.05) is 183 Å². The molecule has 5 heteroatoms. The second kappa shape index (κ2) is 28.5.